The maximum absolute atomic E-state index is 11.9. The third-order valence-corrected chi connectivity index (χ3v) is 2.46. The summed E-state index contributed by atoms with van der Waals surface area (Å²) in [6, 6.07) is 5.21. The molecule has 1 aromatic rings. The lowest BCUT2D eigenvalue weighted by Gasteiger charge is -2.14. The molecular weight excluding hydrogens is 242 g/mol. The van der Waals surface area contributed by atoms with Crippen LogP contribution in [0.5, 0.6) is 11.5 Å². The van der Waals surface area contributed by atoms with Gasteiger partial charge in [0, 0.05) is 12.1 Å². The van der Waals surface area contributed by atoms with Crippen LogP contribution in [-0.2, 0) is 0 Å². The Morgan fingerprint density at radius 1 is 1.21 bits per heavy atom. The summed E-state index contributed by atoms with van der Waals surface area (Å²) in [6.45, 7) is 8.66. The summed E-state index contributed by atoms with van der Waals surface area (Å²) < 4.78 is 10.9. The van der Waals surface area contributed by atoms with E-state index in [1.807, 2.05) is 13.8 Å². The topological polar surface area (TPSA) is 47.6 Å². The smallest absolute Gasteiger partial charge is 0.251 e. The second-order valence-corrected chi connectivity index (χ2v) is 5.14. The Balaban J connectivity index is 2.84. The van der Waals surface area contributed by atoms with Crippen molar-refractivity contribution in [1.82, 2.24) is 5.32 Å². The van der Waals surface area contributed by atoms with Crippen LogP contribution in [0.25, 0.3) is 0 Å². The monoisotopic (exact) mass is 265 g/mol. The van der Waals surface area contributed by atoms with Crippen LogP contribution in [0, 0.1) is 5.92 Å². The maximum Gasteiger partial charge on any atom is 0.251 e. The summed E-state index contributed by atoms with van der Waals surface area (Å²) in [6.07, 6.45) is 0.0644. The van der Waals surface area contributed by atoms with Crippen molar-refractivity contribution in [1.29, 1.82) is 0 Å². The lowest BCUT2D eigenvalue weighted by molar-refractivity contribution is 0.0948. The van der Waals surface area contributed by atoms with Crippen molar-refractivity contribution in [2.75, 3.05) is 13.7 Å². The molecule has 0 fully saturated rings. The number of hydrogen-bond acceptors (Lipinski definition) is 3. The lowest BCUT2D eigenvalue weighted by atomic mass is 10.1. The molecular formula is C15H23NO3. The van der Waals surface area contributed by atoms with Crippen LogP contribution in [0.3, 0.4) is 0 Å². The van der Waals surface area contributed by atoms with Gasteiger partial charge in [-0.25, -0.2) is 0 Å². The van der Waals surface area contributed by atoms with Gasteiger partial charge in [0.05, 0.1) is 13.2 Å². The molecule has 0 atom stereocenters. The van der Waals surface area contributed by atoms with E-state index < -0.39 is 0 Å². The van der Waals surface area contributed by atoms with Gasteiger partial charge in [-0.1, -0.05) is 13.8 Å². The third kappa shape index (κ3) is 4.81. The van der Waals surface area contributed by atoms with Gasteiger partial charge >= 0.3 is 0 Å². The van der Waals surface area contributed by atoms with Crippen molar-refractivity contribution in [3.63, 3.8) is 0 Å². The van der Waals surface area contributed by atoms with E-state index in [1.54, 1.807) is 25.3 Å². The van der Waals surface area contributed by atoms with Crippen molar-refractivity contribution >= 4 is 5.91 Å². The minimum Gasteiger partial charge on any atom is -0.493 e. The van der Waals surface area contributed by atoms with Crippen LogP contribution in [0.4, 0.5) is 0 Å². The van der Waals surface area contributed by atoms with Crippen molar-refractivity contribution in [2.24, 2.45) is 5.92 Å². The fraction of sp³-hybridized carbons (Fsp3) is 0.533. The first-order chi connectivity index (χ1) is 8.93. The molecule has 0 aliphatic carbocycles. The van der Waals surface area contributed by atoms with Crippen molar-refractivity contribution < 1.29 is 14.3 Å². The first-order valence-corrected chi connectivity index (χ1v) is 6.57. The molecule has 0 bridgehead atoms. The number of nitrogens with one attached hydrogen (secondary N) is 1. The quantitative estimate of drug-likeness (QED) is 0.860. The molecule has 0 aliphatic heterocycles. The van der Waals surface area contributed by atoms with Gasteiger partial charge in [-0.05, 0) is 38.0 Å². The predicted molar refractivity (Wildman–Crippen MR) is 75.9 cm³/mol. The van der Waals surface area contributed by atoms with E-state index in [1.165, 1.54) is 0 Å². The number of methoxy groups -OCH3 is 1. The molecule has 0 heterocycles. The van der Waals surface area contributed by atoms with E-state index in [2.05, 4.69) is 19.2 Å². The van der Waals surface area contributed by atoms with E-state index in [-0.39, 0.29) is 12.0 Å². The SMILES string of the molecule is COc1cc(C(=O)NCC(C)C)ccc1OC(C)C. The van der Waals surface area contributed by atoms with Gasteiger partial charge in [0.15, 0.2) is 11.5 Å². The summed E-state index contributed by atoms with van der Waals surface area (Å²) in [5.41, 5.74) is 0.577. The average molecular weight is 265 g/mol. The second-order valence-electron chi connectivity index (χ2n) is 5.14. The highest BCUT2D eigenvalue weighted by atomic mass is 16.5. The molecule has 1 N–H and O–H groups in total. The average Bonchev–Trinajstić information content (AvgIpc) is 2.35. The lowest BCUT2D eigenvalue weighted by Crippen LogP contribution is -2.27. The molecule has 1 amide bonds. The highest BCUT2D eigenvalue weighted by Gasteiger charge is 2.12. The molecule has 1 rings (SSSR count). The zero-order chi connectivity index (χ0) is 14.4. The number of benzene rings is 1. The van der Waals surface area contributed by atoms with Crippen LogP contribution >= 0.6 is 0 Å². The largest absolute Gasteiger partial charge is 0.493 e. The standard InChI is InChI=1S/C15H23NO3/c1-10(2)9-16-15(17)12-6-7-13(19-11(3)4)14(8-12)18-5/h6-8,10-11H,9H2,1-5H3,(H,16,17). The molecule has 4 nitrogen and oxygen atoms in total. The molecule has 1 aromatic carbocycles. The Morgan fingerprint density at radius 3 is 2.42 bits per heavy atom. The summed E-state index contributed by atoms with van der Waals surface area (Å²) in [5.74, 6) is 1.56. The molecule has 0 saturated carbocycles. The zero-order valence-corrected chi connectivity index (χ0v) is 12.3. The van der Waals surface area contributed by atoms with Gasteiger partial charge in [-0.15, -0.1) is 0 Å². The number of carbonyl (C=O) groups excluding carboxylic acids is 1. The molecule has 19 heavy (non-hydrogen) atoms. The summed E-state index contributed by atoms with van der Waals surface area (Å²) in [4.78, 5) is 11.9. The zero-order valence-electron chi connectivity index (χ0n) is 12.3. The van der Waals surface area contributed by atoms with E-state index in [0.29, 0.717) is 29.5 Å². The first-order valence-electron chi connectivity index (χ1n) is 6.57. The van der Waals surface area contributed by atoms with Crippen molar-refractivity contribution in [2.45, 2.75) is 33.8 Å². The van der Waals surface area contributed by atoms with E-state index in [4.69, 9.17) is 9.47 Å². The highest BCUT2D eigenvalue weighted by Crippen LogP contribution is 2.28. The van der Waals surface area contributed by atoms with Gasteiger partial charge in [-0.3, -0.25) is 4.79 Å². The Labute approximate surface area is 115 Å². The van der Waals surface area contributed by atoms with E-state index >= 15 is 0 Å². The minimum absolute atomic E-state index is 0.0644. The molecule has 4 heteroatoms. The Hall–Kier alpha value is -1.71. The normalized spacial score (nSPS) is 10.7. The first kappa shape index (κ1) is 15.3. The maximum atomic E-state index is 11.9. The molecule has 0 aromatic heterocycles. The number of ether oxygens (including phenoxy) is 2. The minimum atomic E-state index is -0.0944. The summed E-state index contributed by atoms with van der Waals surface area (Å²) in [5, 5.41) is 2.87. The van der Waals surface area contributed by atoms with E-state index in [0.717, 1.165) is 0 Å². The fourth-order valence-corrected chi connectivity index (χ4v) is 1.56. The number of rotatable bonds is 6. The fourth-order valence-electron chi connectivity index (χ4n) is 1.56. The molecule has 0 unspecified atom stereocenters. The van der Waals surface area contributed by atoms with Gasteiger partial charge in [0.1, 0.15) is 0 Å². The number of hydrogen-bond donors (Lipinski definition) is 1. The van der Waals surface area contributed by atoms with Crippen LogP contribution in [-0.4, -0.2) is 25.7 Å². The number of amides is 1. The Morgan fingerprint density at radius 2 is 1.89 bits per heavy atom. The molecule has 106 valence electrons. The van der Waals surface area contributed by atoms with Gasteiger partial charge in [-0.2, -0.15) is 0 Å². The highest BCUT2D eigenvalue weighted by molar-refractivity contribution is 5.94. The summed E-state index contributed by atoms with van der Waals surface area (Å²) >= 11 is 0. The van der Waals surface area contributed by atoms with Gasteiger partial charge < -0.3 is 14.8 Å². The predicted octanol–water partition coefficient (Wildman–Crippen LogP) is 2.87. The molecule has 0 saturated heterocycles. The van der Waals surface area contributed by atoms with Crippen LogP contribution in [0.15, 0.2) is 18.2 Å². The molecule has 0 aliphatic rings. The second kappa shape index (κ2) is 7.02. The Bertz CT molecular complexity index is 427. The molecule has 0 radical (unpaired) electrons. The number of carbonyl (C=O) groups is 1. The van der Waals surface area contributed by atoms with Gasteiger partial charge in [0.2, 0.25) is 0 Å². The van der Waals surface area contributed by atoms with Crippen LogP contribution < -0.4 is 14.8 Å². The van der Waals surface area contributed by atoms with E-state index in [9.17, 15) is 4.79 Å². The van der Waals surface area contributed by atoms with Gasteiger partial charge in [0.25, 0.3) is 5.91 Å². The summed E-state index contributed by atoms with van der Waals surface area (Å²) in [7, 11) is 1.57. The van der Waals surface area contributed by atoms with Crippen molar-refractivity contribution in [3.05, 3.63) is 23.8 Å². The van der Waals surface area contributed by atoms with Crippen LogP contribution in [0.2, 0.25) is 0 Å². The Kier molecular flexibility index (Phi) is 5.67. The molecule has 0 spiro atoms. The van der Waals surface area contributed by atoms with Crippen molar-refractivity contribution in [3.8, 4) is 11.5 Å². The third-order valence-electron chi connectivity index (χ3n) is 2.46. The van der Waals surface area contributed by atoms with Crippen LogP contribution in [0.1, 0.15) is 38.1 Å².